The zero-order chi connectivity index (χ0) is 14.7. The van der Waals surface area contributed by atoms with Gasteiger partial charge in [0.25, 0.3) is 0 Å². The van der Waals surface area contributed by atoms with E-state index in [4.69, 9.17) is 4.74 Å². The molecular formula is C16H20N2O2S. The molecule has 1 fully saturated rings. The number of benzene rings is 1. The number of ketones is 1. The smallest absolute Gasteiger partial charge is 0.166 e. The first-order chi connectivity index (χ1) is 10.3. The van der Waals surface area contributed by atoms with Crippen molar-refractivity contribution in [3.63, 3.8) is 0 Å². The molecule has 1 heterocycles. The van der Waals surface area contributed by atoms with Crippen molar-refractivity contribution < 1.29 is 9.53 Å². The zero-order valence-corrected chi connectivity index (χ0v) is 13.0. The molecule has 5 heteroatoms. The van der Waals surface area contributed by atoms with Gasteiger partial charge < -0.3 is 9.72 Å². The van der Waals surface area contributed by atoms with Gasteiger partial charge in [-0.1, -0.05) is 11.8 Å². The van der Waals surface area contributed by atoms with E-state index >= 15 is 0 Å². The van der Waals surface area contributed by atoms with Crippen LogP contribution in [0, 0.1) is 5.92 Å². The van der Waals surface area contributed by atoms with Gasteiger partial charge in [-0.05, 0) is 38.3 Å². The van der Waals surface area contributed by atoms with Gasteiger partial charge in [-0.15, -0.1) is 0 Å². The average Bonchev–Trinajstić information content (AvgIpc) is 3.05. The molecular weight excluding hydrogens is 284 g/mol. The van der Waals surface area contributed by atoms with E-state index < -0.39 is 0 Å². The van der Waals surface area contributed by atoms with Crippen molar-refractivity contribution in [1.29, 1.82) is 0 Å². The van der Waals surface area contributed by atoms with E-state index in [9.17, 15) is 4.79 Å². The first kappa shape index (κ1) is 14.4. The predicted octanol–water partition coefficient (Wildman–Crippen LogP) is 3.81. The highest BCUT2D eigenvalue weighted by Gasteiger charge is 2.23. The first-order valence-electron chi connectivity index (χ1n) is 7.54. The van der Waals surface area contributed by atoms with E-state index in [0.29, 0.717) is 12.4 Å². The normalized spacial score (nSPS) is 18.5. The van der Waals surface area contributed by atoms with Crippen molar-refractivity contribution in [2.45, 2.75) is 37.8 Å². The van der Waals surface area contributed by atoms with Gasteiger partial charge in [-0.25, -0.2) is 4.98 Å². The monoisotopic (exact) mass is 304 g/mol. The molecule has 1 aromatic carbocycles. The summed E-state index contributed by atoms with van der Waals surface area (Å²) in [5.74, 6) is 2.53. The van der Waals surface area contributed by atoms with Crippen LogP contribution >= 0.6 is 11.8 Å². The summed E-state index contributed by atoms with van der Waals surface area (Å²) in [6.07, 6.45) is 3.88. The number of carbonyl (C=O) groups excluding carboxylic acids is 1. The fraction of sp³-hybridized carbons (Fsp3) is 0.500. The molecule has 4 nitrogen and oxygen atoms in total. The van der Waals surface area contributed by atoms with Crippen LogP contribution in [0.3, 0.4) is 0 Å². The molecule has 1 aliphatic carbocycles. The number of nitrogens with zero attached hydrogens (tertiary/aromatic N) is 1. The molecule has 1 unspecified atom stereocenters. The summed E-state index contributed by atoms with van der Waals surface area (Å²) in [7, 11) is 0. The first-order valence-corrected chi connectivity index (χ1v) is 8.53. The Bertz CT molecular complexity index is 638. The highest BCUT2D eigenvalue weighted by molar-refractivity contribution is 7.99. The quantitative estimate of drug-likeness (QED) is 0.824. The second-order valence-electron chi connectivity index (χ2n) is 5.35. The van der Waals surface area contributed by atoms with E-state index in [1.54, 1.807) is 11.8 Å². The lowest BCUT2D eigenvalue weighted by molar-refractivity contribution is -0.120. The fourth-order valence-electron chi connectivity index (χ4n) is 2.78. The fourth-order valence-corrected chi connectivity index (χ4v) is 3.72. The lowest BCUT2D eigenvalue weighted by Crippen LogP contribution is -2.06. The number of imidazole rings is 1. The molecule has 0 saturated heterocycles. The van der Waals surface area contributed by atoms with E-state index in [0.717, 1.165) is 53.4 Å². The van der Waals surface area contributed by atoms with Gasteiger partial charge in [-0.3, -0.25) is 4.79 Å². The predicted molar refractivity (Wildman–Crippen MR) is 85.0 cm³/mol. The molecule has 21 heavy (non-hydrogen) atoms. The van der Waals surface area contributed by atoms with E-state index in [1.807, 2.05) is 25.1 Å². The van der Waals surface area contributed by atoms with Gasteiger partial charge in [0.15, 0.2) is 5.16 Å². The molecule has 3 rings (SSSR count). The number of rotatable bonds is 6. The minimum atomic E-state index is 0.284. The summed E-state index contributed by atoms with van der Waals surface area (Å²) >= 11 is 1.69. The van der Waals surface area contributed by atoms with Gasteiger partial charge >= 0.3 is 0 Å². The SMILES string of the molecule is CCOc1ccc2nc(SCCC3CCCC3=O)[nH]c2c1. The number of ether oxygens (including phenoxy) is 1. The van der Waals surface area contributed by atoms with Gasteiger partial charge in [0.1, 0.15) is 11.5 Å². The van der Waals surface area contributed by atoms with Crippen molar-refractivity contribution in [3.8, 4) is 5.75 Å². The average molecular weight is 304 g/mol. The molecule has 0 spiro atoms. The van der Waals surface area contributed by atoms with Crippen LogP contribution in [0.2, 0.25) is 0 Å². The molecule has 1 aromatic heterocycles. The summed E-state index contributed by atoms with van der Waals surface area (Å²) < 4.78 is 5.49. The summed E-state index contributed by atoms with van der Waals surface area (Å²) in [4.78, 5) is 19.5. The highest BCUT2D eigenvalue weighted by atomic mass is 32.2. The number of aromatic nitrogens is 2. The van der Waals surface area contributed by atoms with Gasteiger partial charge in [-0.2, -0.15) is 0 Å². The maximum Gasteiger partial charge on any atom is 0.166 e. The molecule has 1 atom stereocenters. The Kier molecular flexibility index (Phi) is 4.48. The molecule has 112 valence electrons. The Balaban J connectivity index is 1.60. The number of hydrogen-bond donors (Lipinski definition) is 1. The van der Waals surface area contributed by atoms with Crippen molar-refractivity contribution >= 4 is 28.6 Å². The van der Waals surface area contributed by atoms with Crippen LogP contribution < -0.4 is 4.74 Å². The third-order valence-electron chi connectivity index (χ3n) is 3.88. The Morgan fingerprint density at radius 3 is 3.14 bits per heavy atom. The maximum absolute atomic E-state index is 11.6. The van der Waals surface area contributed by atoms with Crippen LogP contribution in [-0.2, 0) is 4.79 Å². The molecule has 0 radical (unpaired) electrons. The Labute approximate surface area is 128 Å². The Morgan fingerprint density at radius 1 is 1.48 bits per heavy atom. The highest BCUT2D eigenvalue weighted by Crippen LogP contribution is 2.28. The standard InChI is InChI=1S/C16H20N2O2S/c1-2-20-12-6-7-13-14(10-12)18-16(17-13)21-9-8-11-4-3-5-15(11)19/h6-7,10-11H,2-5,8-9H2,1H3,(H,17,18). The number of aromatic amines is 1. The van der Waals surface area contributed by atoms with E-state index in [2.05, 4.69) is 9.97 Å². The number of carbonyl (C=O) groups is 1. The largest absolute Gasteiger partial charge is 0.494 e. The summed E-state index contributed by atoms with van der Waals surface area (Å²) in [6, 6.07) is 5.90. The lowest BCUT2D eigenvalue weighted by atomic mass is 10.1. The van der Waals surface area contributed by atoms with Crippen LogP contribution in [0.4, 0.5) is 0 Å². The zero-order valence-electron chi connectivity index (χ0n) is 12.2. The minimum absolute atomic E-state index is 0.284. The van der Waals surface area contributed by atoms with Crippen LogP contribution in [0.5, 0.6) is 5.75 Å². The molecule has 1 saturated carbocycles. The Hall–Kier alpha value is -1.49. The molecule has 2 aromatic rings. The third-order valence-corrected chi connectivity index (χ3v) is 4.79. The lowest BCUT2D eigenvalue weighted by Gasteiger charge is -2.05. The van der Waals surface area contributed by atoms with Crippen molar-refractivity contribution in [2.24, 2.45) is 5.92 Å². The third kappa shape index (κ3) is 3.40. The van der Waals surface area contributed by atoms with Gasteiger partial charge in [0.2, 0.25) is 0 Å². The molecule has 0 amide bonds. The van der Waals surface area contributed by atoms with Crippen LogP contribution in [0.25, 0.3) is 11.0 Å². The van der Waals surface area contributed by atoms with Gasteiger partial charge in [0.05, 0.1) is 17.6 Å². The summed E-state index contributed by atoms with van der Waals surface area (Å²) in [5, 5.41) is 0.920. The van der Waals surface area contributed by atoms with Gasteiger partial charge in [0, 0.05) is 24.2 Å². The second kappa shape index (κ2) is 6.52. The summed E-state index contributed by atoms with van der Waals surface area (Å²) in [5.41, 5.74) is 1.96. The van der Waals surface area contributed by atoms with Crippen LogP contribution in [0.15, 0.2) is 23.4 Å². The second-order valence-corrected chi connectivity index (χ2v) is 6.43. The minimum Gasteiger partial charge on any atom is -0.494 e. The van der Waals surface area contributed by atoms with Crippen molar-refractivity contribution in [2.75, 3.05) is 12.4 Å². The number of nitrogens with one attached hydrogen (secondary N) is 1. The van der Waals surface area contributed by atoms with Crippen LogP contribution in [-0.4, -0.2) is 28.1 Å². The Morgan fingerprint density at radius 2 is 2.38 bits per heavy atom. The number of hydrogen-bond acceptors (Lipinski definition) is 4. The number of fused-ring (bicyclic) bond motifs is 1. The maximum atomic E-state index is 11.6. The molecule has 1 aliphatic rings. The van der Waals surface area contributed by atoms with Crippen molar-refractivity contribution in [3.05, 3.63) is 18.2 Å². The number of H-pyrrole nitrogens is 1. The number of thioether (sulfide) groups is 1. The van der Waals surface area contributed by atoms with E-state index in [1.165, 1.54) is 0 Å². The van der Waals surface area contributed by atoms with E-state index in [-0.39, 0.29) is 5.92 Å². The number of Topliss-reactive ketones (excluding diaryl/α,β-unsaturated/α-hetero) is 1. The molecule has 0 aliphatic heterocycles. The van der Waals surface area contributed by atoms with Crippen molar-refractivity contribution in [1.82, 2.24) is 9.97 Å². The van der Waals surface area contributed by atoms with Crippen LogP contribution in [0.1, 0.15) is 32.6 Å². The summed E-state index contributed by atoms with van der Waals surface area (Å²) in [6.45, 7) is 2.64. The molecule has 1 N–H and O–H groups in total. The molecule has 0 bridgehead atoms. The topological polar surface area (TPSA) is 55.0 Å².